The van der Waals surface area contributed by atoms with Crippen molar-refractivity contribution in [1.82, 2.24) is 10.0 Å². The summed E-state index contributed by atoms with van der Waals surface area (Å²) in [6.45, 7) is 2.92. The quantitative estimate of drug-likeness (QED) is 0.807. The van der Waals surface area contributed by atoms with Gasteiger partial charge in [-0.1, -0.05) is 19.8 Å². The van der Waals surface area contributed by atoms with Crippen molar-refractivity contribution in [3.63, 3.8) is 0 Å². The fourth-order valence-corrected chi connectivity index (χ4v) is 5.58. The molecule has 1 aliphatic rings. The summed E-state index contributed by atoms with van der Waals surface area (Å²) in [5.41, 5.74) is 1.02. The van der Waals surface area contributed by atoms with Crippen LogP contribution in [0.5, 0.6) is 0 Å². The predicted molar refractivity (Wildman–Crippen MR) is 88.1 cm³/mol. The van der Waals surface area contributed by atoms with Gasteiger partial charge in [-0.05, 0) is 55.7 Å². The van der Waals surface area contributed by atoms with Gasteiger partial charge >= 0.3 is 0 Å². The van der Waals surface area contributed by atoms with Gasteiger partial charge in [-0.3, -0.25) is 0 Å². The average molecular weight is 331 g/mol. The Kier molecular flexibility index (Phi) is 6.22. The van der Waals surface area contributed by atoms with Crippen LogP contribution in [0.4, 0.5) is 0 Å². The molecule has 0 atom stereocenters. The van der Waals surface area contributed by atoms with Crippen LogP contribution in [-0.4, -0.2) is 21.5 Å². The van der Waals surface area contributed by atoms with Gasteiger partial charge in [-0.15, -0.1) is 11.3 Å². The van der Waals surface area contributed by atoms with Gasteiger partial charge in [-0.2, -0.15) is 0 Å². The molecule has 1 fully saturated rings. The Hall–Kier alpha value is -0.430. The van der Waals surface area contributed by atoms with E-state index >= 15 is 0 Å². The van der Waals surface area contributed by atoms with Crippen LogP contribution >= 0.6 is 11.3 Å². The third-order valence-electron chi connectivity index (χ3n) is 4.14. The number of sulfonamides is 1. The van der Waals surface area contributed by atoms with Crippen molar-refractivity contribution in [2.45, 2.75) is 62.2 Å². The van der Waals surface area contributed by atoms with E-state index in [1.165, 1.54) is 24.2 Å². The van der Waals surface area contributed by atoms with Crippen LogP contribution in [0.25, 0.3) is 0 Å². The summed E-state index contributed by atoms with van der Waals surface area (Å²) >= 11 is 1.30. The van der Waals surface area contributed by atoms with Crippen molar-refractivity contribution in [2.24, 2.45) is 5.92 Å². The van der Waals surface area contributed by atoms with E-state index in [2.05, 4.69) is 17.0 Å². The number of nitrogens with one attached hydrogen (secondary N) is 2. The van der Waals surface area contributed by atoms with Crippen molar-refractivity contribution in [2.75, 3.05) is 7.05 Å². The molecule has 0 saturated heterocycles. The second kappa shape index (κ2) is 7.72. The van der Waals surface area contributed by atoms with Crippen LogP contribution in [0.3, 0.4) is 0 Å². The molecular formula is C15H26N2O2S2. The molecular weight excluding hydrogens is 304 g/mol. The molecule has 6 heteroatoms. The second-order valence-corrected chi connectivity index (χ2v) is 8.78. The molecule has 0 amide bonds. The van der Waals surface area contributed by atoms with Crippen LogP contribution in [0, 0.1) is 5.92 Å². The lowest BCUT2D eigenvalue weighted by Crippen LogP contribution is -2.37. The topological polar surface area (TPSA) is 58.2 Å². The first-order valence-corrected chi connectivity index (χ1v) is 10.2. The number of hydrogen-bond acceptors (Lipinski definition) is 4. The molecule has 2 N–H and O–H groups in total. The molecule has 1 saturated carbocycles. The SMILES string of the molecule is CCCC1CCC(NS(=O)(=O)c2cc(CNC)cs2)CC1. The predicted octanol–water partition coefficient (Wildman–Crippen LogP) is 3.10. The van der Waals surface area contributed by atoms with E-state index in [0.717, 1.165) is 37.2 Å². The minimum absolute atomic E-state index is 0.109. The number of hydrogen-bond donors (Lipinski definition) is 2. The smallest absolute Gasteiger partial charge is 0.250 e. The Morgan fingerprint density at radius 3 is 2.62 bits per heavy atom. The second-order valence-electron chi connectivity index (χ2n) is 5.93. The normalized spacial score (nSPS) is 23.3. The summed E-state index contributed by atoms with van der Waals surface area (Å²) in [5.74, 6) is 0.791. The molecule has 120 valence electrons. The first-order valence-electron chi connectivity index (χ1n) is 7.79. The van der Waals surface area contributed by atoms with Crippen LogP contribution in [0.1, 0.15) is 51.0 Å². The molecule has 0 bridgehead atoms. The van der Waals surface area contributed by atoms with Gasteiger partial charge in [0.15, 0.2) is 0 Å². The van der Waals surface area contributed by atoms with Crippen LogP contribution in [0.15, 0.2) is 15.7 Å². The molecule has 1 heterocycles. The zero-order valence-electron chi connectivity index (χ0n) is 12.9. The third kappa shape index (κ3) is 4.77. The summed E-state index contributed by atoms with van der Waals surface area (Å²) in [4.78, 5) is 0. The molecule has 2 rings (SSSR count). The highest BCUT2D eigenvalue weighted by Crippen LogP contribution is 2.29. The molecule has 1 aliphatic carbocycles. The number of rotatable bonds is 7. The molecule has 0 aliphatic heterocycles. The van der Waals surface area contributed by atoms with E-state index in [9.17, 15) is 8.42 Å². The van der Waals surface area contributed by atoms with Gasteiger partial charge in [0.1, 0.15) is 4.21 Å². The molecule has 21 heavy (non-hydrogen) atoms. The van der Waals surface area contributed by atoms with Crippen molar-refractivity contribution >= 4 is 21.4 Å². The maximum atomic E-state index is 12.4. The zero-order valence-corrected chi connectivity index (χ0v) is 14.5. The highest BCUT2D eigenvalue weighted by Gasteiger charge is 2.26. The lowest BCUT2D eigenvalue weighted by atomic mass is 9.84. The Bertz CT molecular complexity index is 532. The first-order chi connectivity index (χ1) is 10.0. The van der Waals surface area contributed by atoms with Crippen LogP contribution in [0.2, 0.25) is 0 Å². The van der Waals surface area contributed by atoms with Crippen LogP contribution < -0.4 is 10.0 Å². The summed E-state index contributed by atoms with van der Waals surface area (Å²) < 4.78 is 28.1. The Morgan fingerprint density at radius 1 is 1.29 bits per heavy atom. The fourth-order valence-electron chi connectivity index (χ4n) is 3.05. The lowest BCUT2D eigenvalue weighted by molar-refractivity contribution is 0.297. The van der Waals surface area contributed by atoms with Gasteiger partial charge in [0.05, 0.1) is 0 Å². The summed E-state index contributed by atoms with van der Waals surface area (Å²) in [5, 5.41) is 4.94. The van der Waals surface area contributed by atoms with Crippen LogP contribution in [-0.2, 0) is 16.6 Å². The number of thiophene rings is 1. The van der Waals surface area contributed by atoms with Crippen molar-refractivity contribution < 1.29 is 8.42 Å². The van der Waals surface area contributed by atoms with Gasteiger partial charge in [0.25, 0.3) is 0 Å². The van der Waals surface area contributed by atoms with Crippen molar-refractivity contribution in [3.05, 3.63) is 17.0 Å². The summed E-state index contributed by atoms with van der Waals surface area (Å²) in [6.07, 6.45) is 6.74. The monoisotopic (exact) mass is 330 g/mol. The Morgan fingerprint density at radius 2 is 2.00 bits per heavy atom. The van der Waals surface area contributed by atoms with Crippen molar-refractivity contribution in [1.29, 1.82) is 0 Å². The molecule has 0 radical (unpaired) electrons. The molecule has 1 aromatic rings. The lowest BCUT2D eigenvalue weighted by Gasteiger charge is -2.28. The molecule has 0 spiro atoms. The van der Waals surface area contributed by atoms with E-state index in [0.29, 0.717) is 10.8 Å². The van der Waals surface area contributed by atoms with E-state index in [4.69, 9.17) is 0 Å². The minimum atomic E-state index is -3.35. The van der Waals surface area contributed by atoms with Gasteiger partial charge < -0.3 is 5.32 Å². The van der Waals surface area contributed by atoms with Gasteiger partial charge in [0.2, 0.25) is 10.0 Å². The molecule has 0 aromatic carbocycles. The van der Waals surface area contributed by atoms with E-state index < -0.39 is 10.0 Å². The maximum Gasteiger partial charge on any atom is 0.250 e. The Balaban J connectivity index is 1.92. The van der Waals surface area contributed by atoms with E-state index in [-0.39, 0.29) is 6.04 Å². The molecule has 0 unspecified atom stereocenters. The van der Waals surface area contributed by atoms with Crippen molar-refractivity contribution in [3.8, 4) is 0 Å². The standard InChI is InChI=1S/C15H26N2O2S2/c1-3-4-12-5-7-14(8-6-12)17-21(18,19)15-9-13(10-16-2)11-20-15/h9,11-12,14,16-17H,3-8,10H2,1-2H3. The first kappa shape index (κ1) is 16.9. The van der Waals surface area contributed by atoms with E-state index in [1.54, 1.807) is 6.07 Å². The fraction of sp³-hybridized carbons (Fsp3) is 0.733. The summed E-state index contributed by atoms with van der Waals surface area (Å²) in [6, 6.07) is 1.88. The largest absolute Gasteiger partial charge is 0.316 e. The minimum Gasteiger partial charge on any atom is -0.316 e. The maximum absolute atomic E-state index is 12.4. The zero-order chi connectivity index (χ0) is 15.3. The van der Waals surface area contributed by atoms with Gasteiger partial charge in [-0.25, -0.2) is 13.1 Å². The third-order valence-corrected chi connectivity index (χ3v) is 7.15. The Labute approximate surface area is 132 Å². The molecule has 1 aromatic heterocycles. The highest BCUT2D eigenvalue weighted by molar-refractivity contribution is 7.91. The average Bonchev–Trinajstić information content (AvgIpc) is 2.91. The van der Waals surface area contributed by atoms with Gasteiger partial charge in [0, 0.05) is 12.6 Å². The van der Waals surface area contributed by atoms with E-state index in [1.807, 2.05) is 12.4 Å². The highest BCUT2D eigenvalue weighted by atomic mass is 32.2. The molecule has 4 nitrogen and oxygen atoms in total. The summed E-state index contributed by atoms with van der Waals surface area (Å²) in [7, 11) is -1.49.